The van der Waals surface area contributed by atoms with E-state index in [0.29, 0.717) is 6.04 Å². The van der Waals surface area contributed by atoms with Gasteiger partial charge in [0.05, 0.1) is 5.69 Å². The lowest BCUT2D eigenvalue weighted by Crippen LogP contribution is -2.23. The first-order valence-corrected chi connectivity index (χ1v) is 7.75. The molecule has 0 saturated carbocycles. The molecule has 2 aromatic rings. The van der Waals surface area contributed by atoms with Crippen LogP contribution >= 0.6 is 0 Å². The summed E-state index contributed by atoms with van der Waals surface area (Å²) in [6, 6.07) is 4.53. The SMILES string of the molecule is CCCNC(CCc1c(C)nn(C)c1C)c1cccnc1. The number of hydrogen-bond donors (Lipinski definition) is 1. The van der Waals surface area contributed by atoms with Crippen LogP contribution in [0.2, 0.25) is 0 Å². The van der Waals surface area contributed by atoms with Crippen molar-refractivity contribution in [2.45, 2.75) is 46.1 Å². The van der Waals surface area contributed by atoms with Crippen molar-refractivity contribution in [3.05, 3.63) is 47.0 Å². The molecule has 114 valence electrons. The maximum atomic E-state index is 4.51. The molecule has 1 N–H and O–H groups in total. The highest BCUT2D eigenvalue weighted by molar-refractivity contribution is 5.25. The summed E-state index contributed by atoms with van der Waals surface area (Å²) in [5.41, 5.74) is 5.07. The van der Waals surface area contributed by atoms with Crippen LogP contribution in [0.15, 0.2) is 24.5 Å². The van der Waals surface area contributed by atoms with Crippen LogP contribution in [-0.4, -0.2) is 21.3 Å². The summed E-state index contributed by atoms with van der Waals surface area (Å²) < 4.78 is 1.98. The van der Waals surface area contributed by atoms with E-state index in [2.05, 4.69) is 42.2 Å². The Kier molecular flexibility index (Phi) is 5.51. The molecule has 0 saturated heterocycles. The van der Waals surface area contributed by atoms with Crippen LogP contribution in [0.3, 0.4) is 0 Å². The number of rotatable bonds is 7. The quantitative estimate of drug-likeness (QED) is 0.850. The van der Waals surface area contributed by atoms with E-state index in [9.17, 15) is 0 Å². The highest BCUT2D eigenvalue weighted by atomic mass is 15.3. The summed E-state index contributed by atoms with van der Waals surface area (Å²) in [5.74, 6) is 0. The molecule has 0 amide bonds. The van der Waals surface area contributed by atoms with E-state index >= 15 is 0 Å². The van der Waals surface area contributed by atoms with Crippen molar-refractivity contribution in [2.24, 2.45) is 7.05 Å². The van der Waals surface area contributed by atoms with Crippen molar-refractivity contribution in [1.82, 2.24) is 20.1 Å². The fourth-order valence-electron chi connectivity index (χ4n) is 2.76. The zero-order chi connectivity index (χ0) is 15.2. The van der Waals surface area contributed by atoms with E-state index < -0.39 is 0 Å². The third kappa shape index (κ3) is 3.91. The second kappa shape index (κ2) is 7.36. The number of aromatic nitrogens is 3. The molecule has 2 heterocycles. The number of hydrogen-bond acceptors (Lipinski definition) is 3. The molecule has 2 aromatic heterocycles. The van der Waals surface area contributed by atoms with Gasteiger partial charge in [0.15, 0.2) is 0 Å². The van der Waals surface area contributed by atoms with E-state index in [1.54, 1.807) is 0 Å². The molecule has 4 nitrogen and oxygen atoms in total. The third-order valence-electron chi connectivity index (χ3n) is 4.07. The molecule has 0 aliphatic heterocycles. The van der Waals surface area contributed by atoms with Gasteiger partial charge in [0.2, 0.25) is 0 Å². The zero-order valence-corrected chi connectivity index (χ0v) is 13.6. The summed E-state index contributed by atoms with van der Waals surface area (Å²) in [7, 11) is 2.01. The predicted molar refractivity (Wildman–Crippen MR) is 86.3 cm³/mol. The van der Waals surface area contributed by atoms with Crippen LogP contribution in [0, 0.1) is 13.8 Å². The van der Waals surface area contributed by atoms with Crippen molar-refractivity contribution in [3.8, 4) is 0 Å². The van der Waals surface area contributed by atoms with Crippen LogP contribution in [0.1, 0.15) is 48.3 Å². The Morgan fingerprint density at radius 3 is 2.71 bits per heavy atom. The van der Waals surface area contributed by atoms with Gasteiger partial charge >= 0.3 is 0 Å². The molecule has 0 aromatic carbocycles. The van der Waals surface area contributed by atoms with Gasteiger partial charge in [0, 0.05) is 31.2 Å². The van der Waals surface area contributed by atoms with Gasteiger partial charge in [0.1, 0.15) is 0 Å². The van der Waals surface area contributed by atoms with Gasteiger partial charge in [-0.05, 0) is 56.8 Å². The lowest BCUT2D eigenvalue weighted by molar-refractivity contribution is 0.497. The lowest BCUT2D eigenvalue weighted by Gasteiger charge is -2.18. The Labute approximate surface area is 127 Å². The van der Waals surface area contributed by atoms with Gasteiger partial charge in [-0.1, -0.05) is 13.0 Å². The Bertz CT molecular complexity index is 560. The number of aryl methyl sites for hydroxylation is 2. The van der Waals surface area contributed by atoms with Gasteiger partial charge < -0.3 is 5.32 Å². The van der Waals surface area contributed by atoms with Crippen molar-refractivity contribution in [1.29, 1.82) is 0 Å². The van der Waals surface area contributed by atoms with Gasteiger partial charge in [-0.15, -0.1) is 0 Å². The van der Waals surface area contributed by atoms with E-state index in [0.717, 1.165) is 31.5 Å². The average Bonchev–Trinajstić information content (AvgIpc) is 2.74. The molecule has 0 fully saturated rings. The van der Waals surface area contributed by atoms with E-state index in [1.165, 1.54) is 16.8 Å². The zero-order valence-electron chi connectivity index (χ0n) is 13.6. The fourth-order valence-corrected chi connectivity index (χ4v) is 2.76. The smallest absolute Gasteiger partial charge is 0.0628 e. The predicted octanol–water partition coefficient (Wildman–Crippen LogP) is 3.11. The summed E-state index contributed by atoms with van der Waals surface area (Å²) in [6.07, 6.45) is 7.05. The van der Waals surface area contributed by atoms with Crippen molar-refractivity contribution in [3.63, 3.8) is 0 Å². The van der Waals surface area contributed by atoms with Gasteiger partial charge in [-0.25, -0.2) is 0 Å². The second-order valence-electron chi connectivity index (χ2n) is 5.60. The Morgan fingerprint density at radius 1 is 1.33 bits per heavy atom. The summed E-state index contributed by atoms with van der Waals surface area (Å²) in [4.78, 5) is 4.25. The summed E-state index contributed by atoms with van der Waals surface area (Å²) in [5, 5.41) is 8.14. The molecule has 0 aliphatic rings. The minimum Gasteiger partial charge on any atom is -0.310 e. The average molecular weight is 286 g/mol. The first kappa shape index (κ1) is 15.7. The minimum atomic E-state index is 0.359. The standard InChI is InChI=1S/C17H26N4/c1-5-10-19-17(15-7-6-11-18-12-15)9-8-16-13(2)20-21(4)14(16)3/h6-7,11-12,17,19H,5,8-10H2,1-4H3. The maximum Gasteiger partial charge on any atom is 0.0628 e. The highest BCUT2D eigenvalue weighted by Gasteiger charge is 2.14. The fraction of sp³-hybridized carbons (Fsp3) is 0.529. The largest absolute Gasteiger partial charge is 0.310 e. The summed E-state index contributed by atoms with van der Waals surface area (Å²) in [6.45, 7) is 7.47. The van der Waals surface area contributed by atoms with Crippen LogP contribution in [0.4, 0.5) is 0 Å². The van der Waals surface area contributed by atoms with Gasteiger partial charge in [-0.3, -0.25) is 9.67 Å². The van der Waals surface area contributed by atoms with E-state index in [4.69, 9.17) is 0 Å². The second-order valence-corrected chi connectivity index (χ2v) is 5.60. The molecule has 0 aliphatic carbocycles. The number of pyridine rings is 1. The van der Waals surface area contributed by atoms with Crippen LogP contribution < -0.4 is 5.32 Å². The molecule has 1 atom stereocenters. The number of nitrogens with one attached hydrogen (secondary N) is 1. The van der Waals surface area contributed by atoms with Crippen LogP contribution in [-0.2, 0) is 13.5 Å². The Balaban J connectivity index is 2.09. The third-order valence-corrected chi connectivity index (χ3v) is 4.07. The van der Waals surface area contributed by atoms with E-state index in [1.807, 2.05) is 30.2 Å². The first-order chi connectivity index (χ1) is 10.1. The molecule has 1 unspecified atom stereocenters. The topological polar surface area (TPSA) is 42.7 Å². The van der Waals surface area contributed by atoms with E-state index in [-0.39, 0.29) is 0 Å². The monoisotopic (exact) mass is 286 g/mol. The Morgan fingerprint density at radius 2 is 2.14 bits per heavy atom. The molecular formula is C17H26N4. The minimum absolute atomic E-state index is 0.359. The lowest BCUT2D eigenvalue weighted by atomic mass is 9.99. The van der Waals surface area contributed by atoms with Crippen LogP contribution in [0.25, 0.3) is 0 Å². The van der Waals surface area contributed by atoms with Crippen molar-refractivity contribution in [2.75, 3.05) is 6.54 Å². The molecule has 2 rings (SSSR count). The first-order valence-electron chi connectivity index (χ1n) is 7.75. The Hall–Kier alpha value is -1.68. The normalized spacial score (nSPS) is 12.6. The van der Waals surface area contributed by atoms with Gasteiger partial charge in [0.25, 0.3) is 0 Å². The molecule has 0 spiro atoms. The van der Waals surface area contributed by atoms with Crippen molar-refractivity contribution >= 4 is 0 Å². The van der Waals surface area contributed by atoms with Crippen LogP contribution in [0.5, 0.6) is 0 Å². The maximum absolute atomic E-state index is 4.51. The molecule has 0 radical (unpaired) electrons. The van der Waals surface area contributed by atoms with Gasteiger partial charge in [-0.2, -0.15) is 5.10 Å². The number of nitrogens with zero attached hydrogens (tertiary/aromatic N) is 3. The molecular weight excluding hydrogens is 260 g/mol. The summed E-state index contributed by atoms with van der Waals surface area (Å²) >= 11 is 0. The molecule has 21 heavy (non-hydrogen) atoms. The van der Waals surface area contributed by atoms with Crippen molar-refractivity contribution < 1.29 is 0 Å². The highest BCUT2D eigenvalue weighted by Crippen LogP contribution is 2.21. The molecule has 4 heteroatoms. The molecule has 0 bridgehead atoms.